The van der Waals surface area contributed by atoms with Crippen LogP contribution in [0.3, 0.4) is 0 Å². The third-order valence-corrected chi connectivity index (χ3v) is 4.69. The zero-order valence-corrected chi connectivity index (χ0v) is 13.9. The van der Waals surface area contributed by atoms with Crippen LogP contribution >= 0.6 is 0 Å². The van der Waals surface area contributed by atoms with Gasteiger partial charge in [-0.15, -0.1) is 0 Å². The van der Waals surface area contributed by atoms with Crippen molar-refractivity contribution in [3.8, 4) is 5.69 Å². The number of anilines is 1. The quantitative estimate of drug-likeness (QED) is 0.746. The molecule has 2 aromatic carbocycles. The molecular weight excluding hydrogens is 316 g/mol. The Morgan fingerprint density at radius 3 is 2.52 bits per heavy atom. The Bertz CT molecular complexity index is 1030. The van der Waals surface area contributed by atoms with Crippen molar-refractivity contribution in [1.82, 2.24) is 4.57 Å². The first kappa shape index (κ1) is 15.4. The van der Waals surface area contributed by atoms with Gasteiger partial charge < -0.3 is 10.5 Å². The largest absolute Gasteiger partial charge is 0.465 e. The van der Waals surface area contributed by atoms with E-state index in [1.807, 2.05) is 48.5 Å². The monoisotopic (exact) mass is 334 g/mol. The van der Waals surface area contributed by atoms with Crippen LogP contribution < -0.4 is 11.3 Å². The van der Waals surface area contributed by atoms with Crippen molar-refractivity contribution in [3.05, 3.63) is 70.0 Å². The van der Waals surface area contributed by atoms with E-state index < -0.39 is 11.5 Å². The number of esters is 1. The summed E-state index contributed by atoms with van der Waals surface area (Å²) in [4.78, 5) is 25.2. The van der Waals surface area contributed by atoms with Crippen LogP contribution in [0.25, 0.3) is 16.6 Å². The summed E-state index contributed by atoms with van der Waals surface area (Å²) in [5.41, 5.74) is 8.35. The van der Waals surface area contributed by atoms with E-state index in [0.29, 0.717) is 22.5 Å². The van der Waals surface area contributed by atoms with Crippen LogP contribution in [0.5, 0.6) is 0 Å². The minimum Gasteiger partial charge on any atom is -0.465 e. The number of rotatable bonds is 3. The van der Waals surface area contributed by atoms with E-state index in [1.54, 1.807) is 4.57 Å². The number of para-hydroxylation sites is 1. The molecule has 1 heterocycles. The van der Waals surface area contributed by atoms with Gasteiger partial charge in [0.25, 0.3) is 5.56 Å². The lowest BCUT2D eigenvalue weighted by Crippen LogP contribution is -2.28. The normalized spacial score (nSPS) is 13.8. The highest BCUT2D eigenvalue weighted by molar-refractivity contribution is 6.04. The molecule has 0 saturated heterocycles. The molecule has 0 amide bonds. The highest BCUT2D eigenvalue weighted by Crippen LogP contribution is 2.41. The van der Waals surface area contributed by atoms with Gasteiger partial charge in [-0.1, -0.05) is 30.3 Å². The second-order valence-corrected chi connectivity index (χ2v) is 6.31. The minimum absolute atomic E-state index is 0.127. The van der Waals surface area contributed by atoms with Gasteiger partial charge in [0.1, 0.15) is 5.56 Å². The van der Waals surface area contributed by atoms with E-state index in [1.165, 1.54) is 12.7 Å². The number of benzene rings is 2. The predicted molar refractivity (Wildman–Crippen MR) is 97.3 cm³/mol. The molecule has 5 nitrogen and oxygen atoms in total. The molecule has 5 heteroatoms. The molecular formula is C20H18N2O3. The number of nitrogens with zero attached hydrogens (tertiary/aromatic N) is 1. The third kappa shape index (κ3) is 2.48. The van der Waals surface area contributed by atoms with Gasteiger partial charge in [-0.3, -0.25) is 9.36 Å². The number of fused-ring (bicyclic) bond motifs is 1. The molecule has 0 spiro atoms. The molecule has 1 aliphatic rings. The van der Waals surface area contributed by atoms with E-state index in [9.17, 15) is 9.59 Å². The number of methoxy groups -OCH3 is 1. The average molecular weight is 334 g/mol. The smallest absolute Gasteiger partial charge is 0.345 e. The summed E-state index contributed by atoms with van der Waals surface area (Å²) in [5.74, 6) is -0.175. The van der Waals surface area contributed by atoms with Gasteiger partial charge in [-0.05, 0) is 42.5 Å². The maximum absolute atomic E-state index is 13.1. The van der Waals surface area contributed by atoms with Crippen LogP contribution in [0.15, 0.2) is 53.3 Å². The summed E-state index contributed by atoms with van der Waals surface area (Å²) in [6, 6.07) is 15.2. The van der Waals surface area contributed by atoms with Crippen molar-refractivity contribution < 1.29 is 9.53 Å². The maximum atomic E-state index is 13.1. The summed E-state index contributed by atoms with van der Waals surface area (Å²) in [6.45, 7) is 0. The third-order valence-electron chi connectivity index (χ3n) is 4.69. The van der Waals surface area contributed by atoms with Crippen LogP contribution in [-0.4, -0.2) is 17.6 Å². The SMILES string of the molecule is COC(=O)c1c(N)c2ccc(C3CC3)cc2n(-c2ccccc2)c1=O. The fraction of sp³-hybridized carbons (Fsp3) is 0.200. The average Bonchev–Trinajstić information content (AvgIpc) is 3.47. The second kappa shape index (κ2) is 5.77. The summed E-state index contributed by atoms with van der Waals surface area (Å²) >= 11 is 0. The van der Waals surface area contributed by atoms with Crippen LogP contribution in [0.4, 0.5) is 5.69 Å². The van der Waals surface area contributed by atoms with Crippen LogP contribution in [0, 0.1) is 0 Å². The lowest BCUT2D eigenvalue weighted by Gasteiger charge is -2.16. The number of carbonyl (C=O) groups is 1. The van der Waals surface area contributed by atoms with Gasteiger partial charge >= 0.3 is 5.97 Å². The molecule has 25 heavy (non-hydrogen) atoms. The van der Waals surface area contributed by atoms with Gasteiger partial charge in [0.2, 0.25) is 0 Å². The molecule has 1 aromatic heterocycles. The number of hydrogen-bond acceptors (Lipinski definition) is 4. The number of hydrogen-bond donors (Lipinski definition) is 1. The maximum Gasteiger partial charge on any atom is 0.345 e. The zero-order valence-electron chi connectivity index (χ0n) is 13.9. The van der Waals surface area contributed by atoms with Crippen LogP contribution in [0.1, 0.15) is 34.7 Å². The van der Waals surface area contributed by atoms with Gasteiger partial charge in [0, 0.05) is 11.1 Å². The molecule has 0 radical (unpaired) electrons. The molecule has 1 aliphatic carbocycles. The van der Waals surface area contributed by atoms with E-state index in [2.05, 4.69) is 0 Å². The summed E-state index contributed by atoms with van der Waals surface area (Å²) in [7, 11) is 1.24. The van der Waals surface area contributed by atoms with E-state index >= 15 is 0 Å². The van der Waals surface area contributed by atoms with Crippen LogP contribution in [-0.2, 0) is 4.74 Å². The van der Waals surface area contributed by atoms with Crippen molar-refractivity contribution >= 4 is 22.6 Å². The Hall–Kier alpha value is -3.08. The molecule has 0 atom stereocenters. The molecule has 0 aliphatic heterocycles. The number of ether oxygens (including phenoxy) is 1. The molecule has 4 rings (SSSR count). The number of nitrogens with two attached hydrogens (primary N) is 1. The van der Waals surface area contributed by atoms with Gasteiger partial charge in [0.05, 0.1) is 18.3 Å². The van der Waals surface area contributed by atoms with Gasteiger partial charge in [-0.25, -0.2) is 4.79 Å². The molecule has 0 unspecified atom stereocenters. The van der Waals surface area contributed by atoms with Crippen molar-refractivity contribution in [3.63, 3.8) is 0 Å². The fourth-order valence-corrected chi connectivity index (χ4v) is 3.24. The lowest BCUT2D eigenvalue weighted by atomic mass is 10.0. The number of aromatic nitrogens is 1. The van der Waals surface area contributed by atoms with E-state index in [0.717, 1.165) is 12.8 Å². The van der Waals surface area contributed by atoms with E-state index in [4.69, 9.17) is 10.5 Å². The molecule has 1 fully saturated rings. The fourth-order valence-electron chi connectivity index (χ4n) is 3.24. The molecule has 2 N–H and O–H groups in total. The minimum atomic E-state index is -0.722. The first-order chi connectivity index (χ1) is 12.1. The van der Waals surface area contributed by atoms with Gasteiger partial charge in [-0.2, -0.15) is 0 Å². The highest BCUT2D eigenvalue weighted by atomic mass is 16.5. The summed E-state index contributed by atoms with van der Waals surface area (Å²) in [6.07, 6.45) is 2.33. The Morgan fingerprint density at radius 1 is 1.16 bits per heavy atom. The first-order valence-corrected chi connectivity index (χ1v) is 8.23. The highest BCUT2D eigenvalue weighted by Gasteiger charge is 2.26. The summed E-state index contributed by atoms with van der Waals surface area (Å²) < 4.78 is 6.32. The lowest BCUT2D eigenvalue weighted by molar-refractivity contribution is 0.0600. The Labute approximate surface area is 144 Å². The Morgan fingerprint density at radius 2 is 1.88 bits per heavy atom. The standard InChI is InChI=1S/C20H18N2O3/c1-25-20(24)17-18(21)15-10-9-13(12-7-8-12)11-16(15)22(19(17)23)14-5-3-2-4-6-14/h2-6,9-12H,7-8,21H2,1H3. The Kier molecular flexibility index (Phi) is 3.57. The zero-order chi connectivity index (χ0) is 17.6. The van der Waals surface area contributed by atoms with Crippen molar-refractivity contribution in [1.29, 1.82) is 0 Å². The molecule has 1 saturated carbocycles. The predicted octanol–water partition coefficient (Wildman–Crippen LogP) is 3.24. The van der Waals surface area contributed by atoms with E-state index in [-0.39, 0.29) is 11.3 Å². The first-order valence-electron chi connectivity index (χ1n) is 8.23. The van der Waals surface area contributed by atoms with Crippen molar-refractivity contribution in [2.45, 2.75) is 18.8 Å². The Balaban J connectivity index is 2.12. The summed E-state index contributed by atoms with van der Waals surface area (Å²) in [5, 5.41) is 0.674. The number of pyridine rings is 1. The van der Waals surface area contributed by atoms with Gasteiger partial charge in [0.15, 0.2) is 0 Å². The number of nitrogen functional groups attached to an aromatic ring is 1. The van der Waals surface area contributed by atoms with Crippen LogP contribution in [0.2, 0.25) is 0 Å². The molecule has 0 bridgehead atoms. The van der Waals surface area contributed by atoms with Crippen molar-refractivity contribution in [2.24, 2.45) is 0 Å². The number of carbonyl (C=O) groups excluding carboxylic acids is 1. The molecule has 3 aromatic rings. The van der Waals surface area contributed by atoms with Crippen molar-refractivity contribution in [2.75, 3.05) is 12.8 Å². The molecule has 126 valence electrons. The topological polar surface area (TPSA) is 74.3 Å². The second-order valence-electron chi connectivity index (χ2n) is 6.31.